The highest BCUT2D eigenvalue weighted by Gasteiger charge is 2.20. The molecular formula is C25H28N2O4. The Morgan fingerprint density at radius 2 is 1.65 bits per heavy atom. The van der Waals surface area contributed by atoms with Crippen LogP contribution in [0, 0.1) is 20.8 Å². The Morgan fingerprint density at radius 1 is 0.968 bits per heavy atom. The summed E-state index contributed by atoms with van der Waals surface area (Å²) in [5.41, 5.74) is 3.32. The normalized spacial score (nSPS) is 11.0. The van der Waals surface area contributed by atoms with E-state index in [1.165, 1.54) is 4.68 Å². The second-order valence-electron chi connectivity index (χ2n) is 7.88. The van der Waals surface area contributed by atoms with Crippen LogP contribution in [0.2, 0.25) is 0 Å². The quantitative estimate of drug-likeness (QED) is 0.303. The lowest BCUT2D eigenvalue weighted by atomic mass is 9.98. The molecular weight excluding hydrogens is 392 g/mol. The molecule has 6 heteroatoms. The van der Waals surface area contributed by atoms with E-state index >= 15 is 0 Å². The van der Waals surface area contributed by atoms with Gasteiger partial charge < -0.3 is 4.74 Å². The summed E-state index contributed by atoms with van der Waals surface area (Å²) in [7, 11) is 0. The lowest BCUT2D eigenvalue weighted by molar-refractivity contribution is 0.0468. The molecule has 0 bridgehead atoms. The van der Waals surface area contributed by atoms with Crippen molar-refractivity contribution in [3.05, 3.63) is 74.7 Å². The number of ether oxygens (including phenoxy) is 1. The fourth-order valence-electron chi connectivity index (χ4n) is 3.59. The molecule has 31 heavy (non-hydrogen) atoms. The SMILES string of the molecule is CCCCCn1nc(C(=O)OCC(=O)c2cc(C)c(C)cc2C)c2ccccc2c1=O. The maximum absolute atomic E-state index is 12.8. The maximum atomic E-state index is 12.8. The average molecular weight is 421 g/mol. The molecule has 0 atom stereocenters. The van der Waals surface area contributed by atoms with Crippen LogP contribution in [0.1, 0.15) is 63.7 Å². The van der Waals surface area contributed by atoms with E-state index in [1.807, 2.05) is 32.9 Å². The third-order valence-electron chi connectivity index (χ3n) is 5.51. The highest BCUT2D eigenvalue weighted by molar-refractivity contribution is 6.04. The summed E-state index contributed by atoms with van der Waals surface area (Å²) in [5.74, 6) is -0.982. The molecule has 0 N–H and O–H groups in total. The van der Waals surface area contributed by atoms with E-state index in [9.17, 15) is 14.4 Å². The van der Waals surface area contributed by atoms with Crippen LogP contribution in [0.5, 0.6) is 0 Å². The summed E-state index contributed by atoms with van der Waals surface area (Å²) < 4.78 is 6.65. The number of aryl methyl sites for hydroxylation is 4. The molecule has 0 fully saturated rings. The van der Waals surface area contributed by atoms with Crippen molar-refractivity contribution in [1.82, 2.24) is 9.78 Å². The first-order chi connectivity index (χ1) is 14.8. The Morgan fingerprint density at radius 3 is 2.35 bits per heavy atom. The Bertz CT molecular complexity index is 1190. The third-order valence-corrected chi connectivity index (χ3v) is 5.51. The van der Waals surface area contributed by atoms with Gasteiger partial charge in [-0.1, -0.05) is 44.0 Å². The number of hydrogen-bond donors (Lipinski definition) is 0. The minimum atomic E-state index is -0.713. The molecule has 3 rings (SSSR count). The van der Waals surface area contributed by atoms with Crippen molar-refractivity contribution in [2.24, 2.45) is 0 Å². The predicted molar refractivity (Wildman–Crippen MR) is 121 cm³/mol. The number of nitrogens with zero attached hydrogens (tertiary/aromatic N) is 2. The summed E-state index contributed by atoms with van der Waals surface area (Å²) >= 11 is 0. The molecule has 0 aliphatic heterocycles. The second kappa shape index (κ2) is 9.69. The summed E-state index contributed by atoms with van der Waals surface area (Å²) in [5, 5.41) is 5.13. The number of Topliss-reactive ketones (excluding diaryl/α,β-unsaturated/α-hetero) is 1. The molecule has 0 radical (unpaired) electrons. The first kappa shape index (κ1) is 22.4. The van der Waals surface area contributed by atoms with E-state index in [-0.39, 0.29) is 23.6 Å². The van der Waals surface area contributed by atoms with Crippen LogP contribution in [0.15, 0.2) is 41.2 Å². The van der Waals surface area contributed by atoms with Crippen molar-refractivity contribution in [2.75, 3.05) is 6.61 Å². The van der Waals surface area contributed by atoms with Crippen molar-refractivity contribution in [2.45, 2.75) is 53.5 Å². The molecule has 0 spiro atoms. The topological polar surface area (TPSA) is 78.3 Å². The molecule has 6 nitrogen and oxygen atoms in total. The molecule has 0 aliphatic carbocycles. The number of aromatic nitrogens is 2. The van der Waals surface area contributed by atoms with Crippen LogP contribution in [0.4, 0.5) is 0 Å². The molecule has 1 aromatic heterocycles. The highest BCUT2D eigenvalue weighted by Crippen LogP contribution is 2.18. The Kier molecular flexibility index (Phi) is 7.00. The fraction of sp³-hybridized carbons (Fsp3) is 0.360. The van der Waals surface area contributed by atoms with Crippen molar-refractivity contribution < 1.29 is 14.3 Å². The molecule has 0 aliphatic rings. The first-order valence-electron chi connectivity index (χ1n) is 10.6. The largest absolute Gasteiger partial charge is 0.452 e. The number of benzene rings is 2. The third kappa shape index (κ3) is 4.90. The lowest BCUT2D eigenvalue weighted by Crippen LogP contribution is -2.27. The van der Waals surface area contributed by atoms with Gasteiger partial charge in [0.2, 0.25) is 5.78 Å². The summed E-state index contributed by atoms with van der Waals surface area (Å²) in [6.07, 6.45) is 2.77. The Balaban J connectivity index is 1.86. The van der Waals surface area contributed by atoms with Gasteiger partial charge >= 0.3 is 5.97 Å². The molecule has 1 heterocycles. The van der Waals surface area contributed by atoms with Gasteiger partial charge in [-0.15, -0.1) is 0 Å². The summed E-state index contributed by atoms with van der Waals surface area (Å²) in [6, 6.07) is 10.6. The van der Waals surface area contributed by atoms with Gasteiger partial charge in [0.1, 0.15) is 0 Å². The number of carbonyl (C=O) groups excluding carboxylic acids is 2. The van der Waals surface area contributed by atoms with Crippen LogP contribution in [0.3, 0.4) is 0 Å². The minimum Gasteiger partial charge on any atom is -0.452 e. The molecule has 162 valence electrons. The van der Waals surface area contributed by atoms with Crippen molar-refractivity contribution >= 4 is 22.5 Å². The smallest absolute Gasteiger partial charge is 0.359 e. The maximum Gasteiger partial charge on any atom is 0.359 e. The van der Waals surface area contributed by atoms with Crippen LogP contribution < -0.4 is 5.56 Å². The molecule has 0 saturated carbocycles. The van der Waals surface area contributed by atoms with Gasteiger partial charge in [0.15, 0.2) is 12.3 Å². The van der Waals surface area contributed by atoms with E-state index in [0.717, 1.165) is 36.0 Å². The van der Waals surface area contributed by atoms with Gasteiger partial charge in [0, 0.05) is 17.5 Å². The molecule has 0 unspecified atom stereocenters. The van der Waals surface area contributed by atoms with Crippen LogP contribution >= 0.6 is 0 Å². The number of unbranched alkanes of at least 4 members (excludes halogenated alkanes) is 2. The zero-order valence-electron chi connectivity index (χ0n) is 18.5. The number of carbonyl (C=O) groups is 2. The first-order valence-corrected chi connectivity index (χ1v) is 10.6. The second-order valence-corrected chi connectivity index (χ2v) is 7.88. The van der Waals surface area contributed by atoms with E-state index in [4.69, 9.17) is 4.74 Å². The molecule has 0 saturated heterocycles. The van der Waals surface area contributed by atoms with Crippen molar-refractivity contribution in [3.8, 4) is 0 Å². The van der Waals surface area contributed by atoms with Gasteiger partial charge in [-0.2, -0.15) is 5.10 Å². The van der Waals surface area contributed by atoms with Gasteiger partial charge in [-0.05, 0) is 56.0 Å². The molecule has 3 aromatic rings. The fourth-order valence-corrected chi connectivity index (χ4v) is 3.59. The minimum absolute atomic E-state index is 0.0521. The van der Waals surface area contributed by atoms with Crippen LogP contribution in [-0.4, -0.2) is 28.1 Å². The van der Waals surface area contributed by atoms with Crippen LogP contribution in [0.25, 0.3) is 10.8 Å². The van der Waals surface area contributed by atoms with Crippen molar-refractivity contribution in [3.63, 3.8) is 0 Å². The number of fused-ring (bicyclic) bond motifs is 1. The number of esters is 1. The zero-order chi connectivity index (χ0) is 22.5. The lowest BCUT2D eigenvalue weighted by Gasteiger charge is -2.12. The molecule has 0 amide bonds. The van der Waals surface area contributed by atoms with Gasteiger partial charge in [0.05, 0.1) is 5.39 Å². The van der Waals surface area contributed by atoms with E-state index < -0.39 is 5.97 Å². The van der Waals surface area contributed by atoms with Gasteiger partial charge in [0.25, 0.3) is 5.56 Å². The van der Waals surface area contributed by atoms with Gasteiger partial charge in [-0.3, -0.25) is 9.59 Å². The summed E-state index contributed by atoms with van der Waals surface area (Å²) in [6.45, 7) is 7.92. The number of ketones is 1. The van der Waals surface area contributed by atoms with E-state index in [1.54, 1.807) is 24.3 Å². The van der Waals surface area contributed by atoms with Crippen molar-refractivity contribution in [1.29, 1.82) is 0 Å². The average Bonchev–Trinajstić information content (AvgIpc) is 2.76. The van der Waals surface area contributed by atoms with Gasteiger partial charge in [-0.25, -0.2) is 9.48 Å². The number of hydrogen-bond acceptors (Lipinski definition) is 5. The molecule has 2 aromatic carbocycles. The number of rotatable bonds is 8. The Labute approximate surface area is 181 Å². The van der Waals surface area contributed by atoms with Crippen LogP contribution in [-0.2, 0) is 11.3 Å². The zero-order valence-corrected chi connectivity index (χ0v) is 18.5. The van der Waals surface area contributed by atoms with E-state index in [0.29, 0.717) is 22.9 Å². The Hall–Kier alpha value is -3.28. The highest BCUT2D eigenvalue weighted by atomic mass is 16.5. The standard InChI is InChI=1S/C25H28N2O4/c1-5-6-9-12-27-24(29)20-11-8-7-10-19(20)23(26-27)25(30)31-15-22(28)21-14-17(3)16(2)13-18(21)4/h7-8,10-11,13-14H,5-6,9,12,15H2,1-4H3. The summed E-state index contributed by atoms with van der Waals surface area (Å²) in [4.78, 5) is 38.3. The predicted octanol–water partition coefficient (Wildman–Crippen LogP) is 4.55. The monoisotopic (exact) mass is 420 g/mol. The van der Waals surface area contributed by atoms with E-state index in [2.05, 4.69) is 12.0 Å².